The smallest absolute Gasteiger partial charge is 0.234 e. The summed E-state index contributed by atoms with van der Waals surface area (Å²) < 4.78 is 0. The van der Waals surface area contributed by atoms with Crippen LogP contribution >= 0.6 is 0 Å². The number of nitrogens with zero attached hydrogens (tertiary/aromatic N) is 4. The summed E-state index contributed by atoms with van der Waals surface area (Å²) in [5.41, 5.74) is 2.33. The number of aliphatic imine (C=N–C) groups is 1. The maximum Gasteiger partial charge on any atom is 0.234 e. The van der Waals surface area contributed by atoms with Gasteiger partial charge >= 0.3 is 0 Å². The molecular formula is C23H34N6O2. The standard InChI is InChI=1S/C23H34N6O2/c1-24-23(28-15-13-27(14-16-28)17-21(30)26-19-8-9-19)25-11-4-7-22(31)29-12-10-18-5-2-3-6-20(18)29/h2-3,5-6,19H,4,7-17H2,1H3,(H,24,25)(H,26,30). The van der Waals surface area contributed by atoms with Crippen LogP contribution in [0.15, 0.2) is 29.3 Å². The molecule has 0 spiro atoms. The zero-order chi connectivity index (χ0) is 21.6. The lowest BCUT2D eigenvalue weighted by molar-refractivity contribution is -0.122. The van der Waals surface area contributed by atoms with E-state index in [1.807, 2.05) is 23.1 Å². The first-order chi connectivity index (χ1) is 15.1. The fourth-order valence-corrected chi connectivity index (χ4v) is 4.33. The second kappa shape index (κ2) is 10.1. The van der Waals surface area contributed by atoms with E-state index in [0.29, 0.717) is 19.0 Å². The predicted octanol–water partition coefficient (Wildman–Crippen LogP) is 0.828. The minimum Gasteiger partial charge on any atom is -0.356 e. The summed E-state index contributed by atoms with van der Waals surface area (Å²) in [4.78, 5) is 35.4. The lowest BCUT2D eigenvalue weighted by Crippen LogP contribution is -2.54. The average Bonchev–Trinajstić information content (AvgIpc) is 3.48. The summed E-state index contributed by atoms with van der Waals surface area (Å²) in [5.74, 6) is 1.21. The van der Waals surface area contributed by atoms with Crippen LogP contribution in [0.4, 0.5) is 5.69 Å². The van der Waals surface area contributed by atoms with E-state index in [1.165, 1.54) is 5.56 Å². The quantitative estimate of drug-likeness (QED) is 0.384. The van der Waals surface area contributed by atoms with Gasteiger partial charge in [0.15, 0.2) is 5.96 Å². The first-order valence-corrected chi connectivity index (χ1v) is 11.5. The molecule has 0 aromatic heterocycles. The number of guanidine groups is 1. The van der Waals surface area contributed by atoms with Crippen LogP contribution in [0.5, 0.6) is 0 Å². The van der Waals surface area contributed by atoms with Gasteiger partial charge in [0.1, 0.15) is 0 Å². The first kappa shape index (κ1) is 21.6. The third kappa shape index (κ3) is 5.76. The molecule has 2 fully saturated rings. The molecule has 2 amide bonds. The van der Waals surface area contributed by atoms with Crippen molar-refractivity contribution in [2.75, 3.05) is 57.8 Å². The van der Waals surface area contributed by atoms with E-state index < -0.39 is 0 Å². The summed E-state index contributed by atoms with van der Waals surface area (Å²) in [6, 6.07) is 8.59. The van der Waals surface area contributed by atoms with Gasteiger partial charge < -0.3 is 20.4 Å². The molecule has 168 valence electrons. The molecular weight excluding hydrogens is 392 g/mol. The highest BCUT2D eigenvalue weighted by molar-refractivity contribution is 5.95. The highest BCUT2D eigenvalue weighted by atomic mass is 16.2. The minimum atomic E-state index is 0.142. The third-order valence-corrected chi connectivity index (χ3v) is 6.23. The van der Waals surface area contributed by atoms with E-state index in [4.69, 9.17) is 0 Å². The molecule has 0 bridgehead atoms. The molecule has 2 heterocycles. The Kier molecular flexibility index (Phi) is 7.06. The Bertz CT molecular complexity index is 814. The molecule has 2 aliphatic heterocycles. The van der Waals surface area contributed by atoms with Crippen molar-refractivity contribution < 1.29 is 9.59 Å². The highest BCUT2D eigenvalue weighted by Gasteiger charge is 2.26. The van der Waals surface area contributed by atoms with Gasteiger partial charge in [0, 0.05) is 64.5 Å². The Morgan fingerprint density at radius 2 is 1.87 bits per heavy atom. The number of nitrogens with one attached hydrogen (secondary N) is 2. The van der Waals surface area contributed by atoms with Gasteiger partial charge in [-0.1, -0.05) is 18.2 Å². The van der Waals surface area contributed by atoms with E-state index >= 15 is 0 Å². The molecule has 0 radical (unpaired) electrons. The molecule has 1 aliphatic carbocycles. The highest BCUT2D eigenvalue weighted by Crippen LogP contribution is 2.28. The van der Waals surface area contributed by atoms with Crippen LogP contribution in [0.1, 0.15) is 31.2 Å². The molecule has 31 heavy (non-hydrogen) atoms. The summed E-state index contributed by atoms with van der Waals surface area (Å²) >= 11 is 0. The van der Waals surface area contributed by atoms with Crippen LogP contribution in [0, 0.1) is 0 Å². The van der Waals surface area contributed by atoms with Crippen LogP contribution in [0.25, 0.3) is 0 Å². The van der Waals surface area contributed by atoms with E-state index in [-0.39, 0.29) is 11.8 Å². The first-order valence-electron chi connectivity index (χ1n) is 11.5. The van der Waals surface area contributed by atoms with Crippen LogP contribution < -0.4 is 15.5 Å². The molecule has 3 aliphatic rings. The lowest BCUT2D eigenvalue weighted by atomic mass is 10.2. The number of rotatable bonds is 7. The fourth-order valence-electron chi connectivity index (χ4n) is 4.33. The molecule has 1 aromatic carbocycles. The number of hydrogen-bond donors (Lipinski definition) is 2. The van der Waals surface area contributed by atoms with Crippen molar-refractivity contribution >= 4 is 23.5 Å². The Hall–Kier alpha value is -2.61. The maximum absolute atomic E-state index is 12.6. The molecule has 8 nitrogen and oxygen atoms in total. The molecule has 2 N–H and O–H groups in total. The van der Waals surface area contributed by atoms with Crippen molar-refractivity contribution in [1.82, 2.24) is 20.4 Å². The largest absolute Gasteiger partial charge is 0.356 e. The van der Waals surface area contributed by atoms with Gasteiger partial charge in [-0.15, -0.1) is 0 Å². The number of carbonyl (C=O) groups excluding carboxylic acids is 2. The SMILES string of the molecule is CN=C(NCCCC(=O)N1CCc2ccccc21)N1CCN(CC(=O)NC2CC2)CC1. The van der Waals surface area contributed by atoms with E-state index in [9.17, 15) is 9.59 Å². The average molecular weight is 427 g/mol. The van der Waals surface area contributed by atoms with Crippen molar-refractivity contribution in [2.24, 2.45) is 4.99 Å². The number of hydrogen-bond acceptors (Lipinski definition) is 4. The number of para-hydroxylation sites is 1. The van der Waals surface area contributed by atoms with Gasteiger partial charge in [-0.05, 0) is 37.3 Å². The van der Waals surface area contributed by atoms with Crippen LogP contribution in [0.3, 0.4) is 0 Å². The second-order valence-corrected chi connectivity index (χ2v) is 8.61. The zero-order valence-electron chi connectivity index (χ0n) is 18.5. The number of carbonyl (C=O) groups is 2. The Morgan fingerprint density at radius 1 is 1.10 bits per heavy atom. The third-order valence-electron chi connectivity index (χ3n) is 6.23. The van der Waals surface area contributed by atoms with Gasteiger partial charge in [0.2, 0.25) is 11.8 Å². The van der Waals surface area contributed by atoms with Gasteiger partial charge in [0.25, 0.3) is 0 Å². The van der Waals surface area contributed by atoms with Crippen LogP contribution in [-0.4, -0.2) is 86.5 Å². The zero-order valence-corrected chi connectivity index (χ0v) is 18.5. The van der Waals surface area contributed by atoms with Crippen molar-refractivity contribution in [1.29, 1.82) is 0 Å². The van der Waals surface area contributed by atoms with Crippen molar-refractivity contribution in [2.45, 2.75) is 38.1 Å². The topological polar surface area (TPSA) is 80.3 Å². The van der Waals surface area contributed by atoms with Crippen molar-refractivity contribution in [3.63, 3.8) is 0 Å². The van der Waals surface area contributed by atoms with Gasteiger partial charge in [-0.25, -0.2) is 0 Å². The monoisotopic (exact) mass is 426 g/mol. The number of piperazine rings is 1. The Morgan fingerprint density at radius 3 is 2.61 bits per heavy atom. The second-order valence-electron chi connectivity index (χ2n) is 8.61. The Labute approximate surface area is 184 Å². The van der Waals surface area contributed by atoms with E-state index in [1.54, 1.807) is 7.05 Å². The lowest BCUT2D eigenvalue weighted by Gasteiger charge is -2.36. The number of anilines is 1. The van der Waals surface area contributed by atoms with Crippen LogP contribution in [0.2, 0.25) is 0 Å². The molecule has 8 heteroatoms. The molecule has 0 atom stereocenters. The minimum absolute atomic E-state index is 0.142. The molecule has 1 aromatic rings. The van der Waals surface area contributed by atoms with Crippen LogP contribution in [-0.2, 0) is 16.0 Å². The molecule has 0 unspecified atom stereocenters. The van der Waals surface area contributed by atoms with E-state index in [2.05, 4.69) is 31.5 Å². The van der Waals surface area contributed by atoms with Crippen molar-refractivity contribution in [3.05, 3.63) is 29.8 Å². The number of fused-ring (bicyclic) bond motifs is 1. The van der Waals surface area contributed by atoms with Gasteiger partial charge in [0.05, 0.1) is 6.54 Å². The summed E-state index contributed by atoms with van der Waals surface area (Å²) in [6.45, 7) is 5.39. The molecule has 4 rings (SSSR count). The van der Waals surface area contributed by atoms with Gasteiger partial charge in [-0.3, -0.25) is 19.5 Å². The van der Waals surface area contributed by atoms with Crippen molar-refractivity contribution in [3.8, 4) is 0 Å². The molecule has 1 saturated carbocycles. The Balaban J connectivity index is 1.14. The maximum atomic E-state index is 12.6. The fraction of sp³-hybridized carbons (Fsp3) is 0.609. The molecule has 1 saturated heterocycles. The van der Waals surface area contributed by atoms with E-state index in [0.717, 1.165) is 76.6 Å². The normalized spacial score (nSPS) is 19.3. The number of benzene rings is 1. The summed E-state index contributed by atoms with van der Waals surface area (Å²) in [6.07, 6.45) is 4.50. The summed E-state index contributed by atoms with van der Waals surface area (Å²) in [7, 11) is 1.80. The van der Waals surface area contributed by atoms with Gasteiger partial charge in [-0.2, -0.15) is 0 Å². The number of amides is 2. The predicted molar refractivity (Wildman–Crippen MR) is 122 cm³/mol. The summed E-state index contributed by atoms with van der Waals surface area (Å²) in [5, 5.41) is 6.46.